The van der Waals surface area contributed by atoms with Crippen molar-refractivity contribution in [3.05, 3.63) is 35.9 Å². The fourth-order valence-corrected chi connectivity index (χ4v) is 1.06. The number of aliphatic hydroxyl groups is 1. The van der Waals surface area contributed by atoms with Gasteiger partial charge in [-0.1, -0.05) is 12.1 Å². The summed E-state index contributed by atoms with van der Waals surface area (Å²) < 4.78 is 0. The molecule has 0 aromatic heterocycles. The smallest absolute Gasteiger partial charge is 0.244 e. The maximum atomic E-state index is 11.2. The number of rotatable bonds is 4. The molecule has 4 nitrogen and oxygen atoms in total. The van der Waals surface area contributed by atoms with E-state index in [1.807, 2.05) is 0 Å². The molecule has 0 bridgehead atoms. The molecule has 1 aromatic carbocycles. The van der Waals surface area contributed by atoms with Gasteiger partial charge in [0.25, 0.3) is 0 Å². The van der Waals surface area contributed by atoms with Crippen LogP contribution in [0.2, 0.25) is 0 Å². The van der Waals surface area contributed by atoms with Crippen LogP contribution < -0.4 is 5.32 Å². The zero-order valence-electron chi connectivity index (χ0n) is 9.05. The predicted octanol–water partition coefficient (Wildman–Crippen LogP) is 0.902. The van der Waals surface area contributed by atoms with Gasteiger partial charge in [0.05, 0.1) is 6.10 Å². The summed E-state index contributed by atoms with van der Waals surface area (Å²) >= 11 is 0. The second kappa shape index (κ2) is 5.92. The Labute approximate surface area is 94.2 Å². The molecule has 0 spiro atoms. The highest BCUT2D eigenvalue weighted by atomic mass is 16.3. The van der Waals surface area contributed by atoms with Crippen LogP contribution in [0, 0.1) is 0 Å². The van der Waals surface area contributed by atoms with E-state index >= 15 is 0 Å². The second-order valence-electron chi connectivity index (χ2n) is 3.52. The molecule has 4 heteroatoms. The summed E-state index contributed by atoms with van der Waals surface area (Å²) in [5, 5.41) is 20.5. The van der Waals surface area contributed by atoms with Gasteiger partial charge in [0.2, 0.25) is 5.91 Å². The second-order valence-corrected chi connectivity index (χ2v) is 3.52. The van der Waals surface area contributed by atoms with Gasteiger partial charge < -0.3 is 15.5 Å². The van der Waals surface area contributed by atoms with Crippen LogP contribution in [0.4, 0.5) is 0 Å². The van der Waals surface area contributed by atoms with Crippen molar-refractivity contribution in [1.82, 2.24) is 5.32 Å². The van der Waals surface area contributed by atoms with Crippen LogP contribution in [0.1, 0.15) is 12.5 Å². The number of hydrogen-bond donors (Lipinski definition) is 3. The lowest BCUT2D eigenvalue weighted by Gasteiger charge is -2.03. The molecule has 1 atom stereocenters. The Kier molecular flexibility index (Phi) is 4.54. The quantitative estimate of drug-likeness (QED) is 0.662. The summed E-state index contributed by atoms with van der Waals surface area (Å²) in [6.07, 6.45) is 2.47. The first-order valence-corrected chi connectivity index (χ1v) is 5.01. The van der Waals surface area contributed by atoms with Crippen molar-refractivity contribution in [2.75, 3.05) is 6.54 Å². The first-order valence-electron chi connectivity index (χ1n) is 5.01. The molecule has 3 N–H and O–H groups in total. The summed E-state index contributed by atoms with van der Waals surface area (Å²) in [7, 11) is 0. The molecule has 1 rings (SSSR count). The standard InChI is InChI=1S/C12H15NO3/c1-9(14)8-13-12(16)7-4-10-2-5-11(15)6-3-10/h2-7,9,14-15H,8H2,1H3,(H,13,16)/b7-4+/t9-/m0/s1. The maximum Gasteiger partial charge on any atom is 0.244 e. The lowest BCUT2D eigenvalue weighted by atomic mass is 10.2. The van der Waals surface area contributed by atoms with E-state index in [2.05, 4.69) is 5.32 Å². The van der Waals surface area contributed by atoms with E-state index in [9.17, 15) is 4.79 Å². The van der Waals surface area contributed by atoms with Crippen molar-refractivity contribution >= 4 is 12.0 Å². The molecule has 0 unspecified atom stereocenters. The highest BCUT2D eigenvalue weighted by molar-refractivity contribution is 5.91. The third-order valence-electron chi connectivity index (χ3n) is 1.89. The molecule has 0 heterocycles. The van der Waals surface area contributed by atoms with Gasteiger partial charge in [0.15, 0.2) is 0 Å². The minimum absolute atomic E-state index is 0.190. The summed E-state index contributed by atoms with van der Waals surface area (Å²) in [5.41, 5.74) is 0.824. The van der Waals surface area contributed by atoms with E-state index in [0.29, 0.717) is 0 Å². The van der Waals surface area contributed by atoms with Crippen LogP contribution in [0.3, 0.4) is 0 Å². The normalized spacial score (nSPS) is 12.6. The lowest BCUT2D eigenvalue weighted by Crippen LogP contribution is -2.28. The molecular formula is C12H15NO3. The molecule has 1 amide bonds. The fraction of sp³-hybridized carbons (Fsp3) is 0.250. The number of nitrogens with one attached hydrogen (secondary N) is 1. The van der Waals surface area contributed by atoms with Crippen molar-refractivity contribution in [1.29, 1.82) is 0 Å². The Hall–Kier alpha value is -1.81. The van der Waals surface area contributed by atoms with Crippen LogP contribution in [-0.2, 0) is 4.79 Å². The number of benzene rings is 1. The van der Waals surface area contributed by atoms with Crippen LogP contribution in [-0.4, -0.2) is 28.8 Å². The van der Waals surface area contributed by atoms with Gasteiger partial charge in [-0.15, -0.1) is 0 Å². The number of aliphatic hydroxyl groups excluding tert-OH is 1. The van der Waals surface area contributed by atoms with E-state index in [1.54, 1.807) is 37.3 Å². The van der Waals surface area contributed by atoms with Crippen LogP contribution >= 0.6 is 0 Å². The maximum absolute atomic E-state index is 11.2. The Balaban J connectivity index is 2.47. The van der Waals surface area contributed by atoms with Gasteiger partial charge in [-0.2, -0.15) is 0 Å². The predicted molar refractivity (Wildman–Crippen MR) is 61.8 cm³/mol. The Morgan fingerprint density at radius 1 is 1.44 bits per heavy atom. The molecular weight excluding hydrogens is 206 g/mol. The summed E-state index contributed by atoms with van der Waals surface area (Å²) in [5.74, 6) is -0.0651. The van der Waals surface area contributed by atoms with Crippen LogP contribution in [0.5, 0.6) is 5.75 Å². The first-order chi connectivity index (χ1) is 7.58. The van der Waals surface area contributed by atoms with Gasteiger partial charge in [0.1, 0.15) is 5.75 Å². The third kappa shape index (κ3) is 4.61. The zero-order valence-corrected chi connectivity index (χ0v) is 9.05. The van der Waals surface area contributed by atoms with Crippen molar-refractivity contribution in [2.45, 2.75) is 13.0 Å². The van der Waals surface area contributed by atoms with Crippen molar-refractivity contribution in [3.8, 4) is 5.75 Å². The lowest BCUT2D eigenvalue weighted by molar-refractivity contribution is -0.116. The Morgan fingerprint density at radius 3 is 2.62 bits per heavy atom. The van der Waals surface area contributed by atoms with E-state index in [1.165, 1.54) is 6.08 Å². The molecule has 1 aromatic rings. The summed E-state index contributed by atoms with van der Waals surface area (Å²) in [4.78, 5) is 11.2. The molecule has 0 aliphatic heterocycles. The van der Waals surface area contributed by atoms with Gasteiger partial charge >= 0.3 is 0 Å². The number of carbonyl (C=O) groups is 1. The average Bonchev–Trinajstić information content (AvgIpc) is 2.25. The van der Waals surface area contributed by atoms with Gasteiger partial charge in [-0.05, 0) is 30.7 Å². The molecule has 0 aliphatic rings. The third-order valence-corrected chi connectivity index (χ3v) is 1.89. The molecule has 16 heavy (non-hydrogen) atoms. The minimum Gasteiger partial charge on any atom is -0.508 e. The molecule has 0 radical (unpaired) electrons. The largest absolute Gasteiger partial charge is 0.508 e. The van der Waals surface area contributed by atoms with E-state index in [4.69, 9.17) is 10.2 Å². The molecule has 0 saturated carbocycles. The molecule has 0 fully saturated rings. The molecule has 0 saturated heterocycles. The Morgan fingerprint density at radius 2 is 2.06 bits per heavy atom. The fourth-order valence-electron chi connectivity index (χ4n) is 1.06. The van der Waals surface area contributed by atoms with Gasteiger partial charge in [-0.25, -0.2) is 0 Å². The van der Waals surface area contributed by atoms with Crippen LogP contribution in [0.15, 0.2) is 30.3 Å². The van der Waals surface area contributed by atoms with E-state index < -0.39 is 6.10 Å². The van der Waals surface area contributed by atoms with Gasteiger partial charge in [0, 0.05) is 12.6 Å². The van der Waals surface area contributed by atoms with Gasteiger partial charge in [-0.3, -0.25) is 4.79 Å². The van der Waals surface area contributed by atoms with Crippen molar-refractivity contribution < 1.29 is 15.0 Å². The van der Waals surface area contributed by atoms with Crippen LogP contribution in [0.25, 0.3) is 6.08 Å². The Bertz CT molecular complexity index is 368. The van der Waals surface area contributed by atoms with E-state index in [0.717, 1.165) is 5.56 Å². The number of phenols is 1. The van der Waals surface area contributed by atoms with E-state index in [-0.39, 0.29) is 18.2 Å². The highest BCUT2D eigenvalue weighted by Gasteiger charge is 1.98. The number of hydrogen-bond acceptors (Lipinski definition) is 3. The zero-order chi connectivity index (χ0) is 12.0. The number of phenolic OH excluding ortho intramolecular Hbond substituents is 1. The highest BCUT2D eigenvalue weighted by Crippen LogP contribution is 2.10. The van der Waals surface area contributed by atoms with Crippen molar-refractivity contribution in [3.63, 3.8) is 0 Å². The first kappa shape index (κ1) is 12.3. The number of aromatic hydroxyl groups is 1. The monoisotopic (exact) mass is 221 g/mol. The molecule has 86 valence electrons. The number of carbonyl (C=O) groups excluding carboxylic acids is 1. The molecule has 0 aliphatic carbocycles. The summed E-state index contributed by atoms with van der Waals surface area (Å²) in [6.45, 7) is 1.84. The topological polar surface area (TPSA) is 69.6 Å². The average molecular weight is 221 g/mol. The van der Waals surface area contributed by atoms with Crippen molar-refractivity contribution in [2.24, 2.45) is 0 Å². The SMILES string of the molecule is C[C@H](O)CNC(=O)/C=C/c1ccc(O)cc1. The summed E-state index contributed by atoms with van der Waals surface area (Å²) in [6, 6.07) is 6.50. The minimum atomic E-state index is -0.550. The number of amides is 1.